The Morgan fingerprint density at radius 1 is 1.16 bits per heavy atom. The van der Waals surface area contributed by atoms with E-state index >= 15 is 0 Å². The van der Waals surface area contributed by atoms with Gasteiger partial charge in [0.05, 0.1) is 0 Å². The van der Waals surface area contributed by atoms with Crippen molar-refractivity contribution in [1.29, 1.82) is 0 Å². The van der Waals surface area contributed by atoms with Gasteiger partial charge in [0.15, 0.2) is 6.21 Å². The fourth-order valence-corrected chi connectivity index (χ4v) is 2.49. The number of oxime groups is 1. The van der Waals surface area contributed by atoms with Gasteiger partial charge in [-0.15, -0.1) is 0 Å². The highest BCUT2D eigenvalue weighted by Crippen LogP contribution is 2.34. The highest BCUT2D eigenvalue weighted by atomic mass is 35.5. The lowest BCUT2D eigenvalue weighted by Crippen LogP contribution is -2.01. The van der Waals surface area contributed by atoms with E-state index in [0.29, 0.717) is 16.8 Å². The molecule has 0 aliphatic heterocycles. The van der Waals surface area contributed by atoms with Gasteiger partial charge in [-0.1, -0.05) is 22.8 Å². The van der Waals surface area contributed by atoms with E-state index in [1.165, 1.54) is 6.07 Å². The maximum Gasteiger partial charge on any atom is 0.350 e. The summed E-state index contributed by atoms with van der Waals surface area (Å²) < 4.78 is 39.5. The summed E-state index contributed by atoms with van der Waals surface area (Å²) in [6.45, 7) is 1.43. The van der Waals surface area contributed by atoms with Crippen LogP contribution in [0.5, 0.6) is 23.3 Å². The minimum Gasteiger partial charge on any atom is -0.477 e. The predicted molar refractivity (Wildman–Crippen MR) is 106 cm³/mol. The Labute approximate surface area is 179 Å². The van der Waals surface area contributed by atoms with Crippen molar-refractivity contribution in [2.75, 3.05) is 0 Å². The lowest BCUT2D eigenvalue weighted by Gasteiger charge is -2.13. The molecule has 0 saturated carbocycles. The molecule has 1 aromatic heterocycles. The normalized spacial score (nSPS) is 10.8. The van der Waals surface area contributed by atoms with E-state index in [4.69, 9.17) is 31.0 Å². The monoisotopic (exact) mass is 449 g/mol. The molecule has 0 atom stereocenters. The van der Waals surface area contributed by atoms with Crippen molar-refractivity contribution in [3.8, 4) is 23.3 Å². The smallest absolute Gasteiger partial charge is 0.350 e. The highest BCUT2D eigenvalue weighted by Gasteiger charge is 2.18. The lowest BCUT2D eigenvalue weighted by atomic mass is 10.2. The molecule has 0 unspecified atom stereocenters. The molecule has 0 saturated heterocycles. The topological polar surface area (TPSA) is 103 Å². The van der Waals surface area contributed by atoms with Crippen LogP contribution >= 0.6 is 11.6 Å². The number of rotatable bonds is 8. The Kier molecular flexibility index (Phi) is 6.93. The van der Waals surface area contributed by atoms with Crippen LogP contribution in [0.15, 0.2) is 47.9 Å². The van der Waals surface area contributed by atoms with Crippen molar-refractivity contribution in [3.63, 3.8) is 0 Å². The molecule has 1 N–H and O–H groups in total. The molecule has 0 radical (unpaired) electrons. The lowest BCUT2D eigenvalue weighted by molar-refractivity contribution is -0.129. The van der Waals surface area contributed by atoms with Crippen LogP contribution in [0.25, 0.3) is 0 Å². The number of hydrogen-bond donors (Lipinski definition) is 1. The highest BCUT2D eigenvalue weighted by molar-refractivity contribution is 6.31. The van der Waals surface area contributed by atoms with Crippen molar-refractivity contribution in [3.05, 3.63) is 70.5 Å². The third-order valence-electron chi connectivity index (χ3n) is 3.84. The Bertz CT molecular complexity index is 1140. The standard InChI is InChI=1S/C20H14ClF2N3O5/c1-11-14(21)3-2-4-15(11)30-19-18(23)20(25-10-24-19)31-16-7-13(22)6-5-12(16)9-29-26-8-17(27)28/h2-8,10H,9H2,1H3,(H,27,28)/b26-8+. The molecular weight excluding hydrogens is 436 g/mol. The molecule has 0 amide bonds. The molecule has 8 nitrogen and oxygen atoms in total. The van der Waals surface area contributed by atoms with Crippen LogP contribution in [-0.2, 0) is 16.2 Å². The second-order valence-corrected chi connectivity index (χ2v) is 6.37. The van der Waals surface area contributed by atoms with Crippen LogP contribution in [0.1, 0.15) is 11.1 Å². The van der Waals surface area contributed by atoms with Gasteiger partial charge in [-0.2, -0.15) is 14.4 Å². The average molecular weight is 450 g/mol. The van der Waals surface area contributed by atoms with Crippen molar-refractivity contribution in [1.82, 2.24) is 9.97 Å². The minimum atomic E-state index is -1.30. The van der Waals surface area contributed by atoms with Gasteiger partial charge in [-0.25, -0.2) is 9.18 Å². The van der Waals surface area contributed by atoms with Crippen LogP contribution in [0, 0.1) is 18.6 Å². The van der Waals surface area contributed by atoms with Gasteiger partial charge in [-0.3, -0.25) is 0 Å². The van der Waals surface area contributed by atoms with E-state index in [0.717, 1.165) is 18.5 Å². The first-order valence-electron chi connectivity index (χ1n) is 8.63. The van der Waals surface area contributed by atoms with Gasteiger partial charge in [0.2, 0.25) is 5.82 Å². The van der Waals surface area contributed by atoms with Crippen molar-refractivity contribution in [2.45, 2.75) is 13.5 Å². The zero-order valence-electron chi connectivity index (χ0n) is 15.9. The van der Waals surface area contributed by atoms with Gasteiger partial charge in [-0.05, 0) is 31.2 Å². The fourth-order valence-electron chi connectivity index (χ4n) is 2.32. The minimum absolute atomic E-state index is 0.118. The molecule has 0 aliphatic rings. The third kappa shape index (κ3) is 5.64. The van der Waals surface area contributed by atoms with Crippen molar-refractivity contribution < 1.29 is 33.0 Å². The van der Waals surface area contributed by atoms with E-state index in [-0.39, 0.29) is 23.7 Å². The Morgan fingerprint density at radius 3 is 2.58 bits per heavy atom. The zero-order valence-corrected chi connectivity index (χ0v) is 16.6. The summed E-state index contributed by atoms with van der Waals surface area (Å²) >= 11 is 6.04. The molecule has 31 heavy (non-hydrogen) atoms. The van der Waals surface area contributed by atoms with Gasteiger partial charge in [0, 0.05) is 22.2 Å². The summed E-state index contributed by atoms with van der Waals surface area (Å²) in [5.74, 6) is -3.77. The van der Waals surface area contributed by atoms with Gasteiger partial charge in [0.1, 0.15) is 30.3 Å². The second-order valence-electron chi connectivity index (χ2n) is 5.96. The largest absolute Gasteiger partial charge is 0.477 e. The number of carboxylic acid groups (broad SMARTS) is 1. The Hall–Kier alpha value is -3.79. The number of hydrogen-bond acceptors (Lipinski definition) is 7. The van der Waals surface area contributed by atoms with Crippen molar-refractivity contribution >= 4 is 23.8 Å². The summed E-state index contributed by atoms with van der Waals surface area (Å²) in [6.07, 6.45) is 1.55. The summed E-state index contributed by atoms with van der Waals surface area (Å²) in [5, 5.41) is 12.2. The molecule has 1 heterocycles. The molecule has 160 valence electrons. The van der Waals surface area contributed by atoms with Gasteiger partial charge < -0.3 is 19.4 Å². The Morgan fingerprint density at radius 2 is 1.87 bits per heavy atom. The SMILES string of the molecule is Cc1c(Cl)cccc1Oc1ncnc(Oc2cc(F)ccc2CO/N=C/C(=O)O)c1F. The van der Waals surface area contributed by atoms with Crippen molar-refractivity contribution in [2.24, 2.45) is 5.16 Å². The van der Waals surface area contributed by atoms with Crippen LogP contribution in [0.3, 0.4) is 0 Å². The predicted octanol–water partition coefficient (Wildman–Crippen LogP) is 4.89. The Balaban J connectivity index is 1.84. The molecule has 0 bridgehead atoms. The third-order valence-corrected chi connectivity index (χ3v) is 4.25. The molecule has 0 aliphatic carbocycles. The number of carboxylic acids is 1. The number of nitrogens with zero attached hydrogens (tertiary/aromatic N) is 3. The van der Waals surface area contributed by atoms with Gasteiger partial charge in [0.25, 0.3) is 11.8 Å². The maximum atomic E-state index is 14.9. The molecular formula is C20H14ClF2N3O5. The number of carbonyl (C=O) groups is 1. The number of aliphatic carboxylic acids is 1. The quantitative estimate of drug-likeness (QED) is 0.386. The second kappa shape index (κ2) is 9.81. The number of benzene rings is 2. The molecule has 0 fully saturated rings. The first-order chi connectivity index (χ1) is 14.8. The van der Waals surface area contributed by atoms with E-state index < -0.39 is 29.4 Å². The number of aromatic nitrogens is 2. The van der Waals surface area contributed by atoms with Crippen LogP contribution in [-0.4, -0.2) is 27.3 Å². The number of ether oxygens (including phenoxy) is 2. The van der Waals surface area contributed by atoms with E-state index in [9.17, 15) is 13.6 Å². The summed E-state index contributed by atoms with van der Waals surface area (Å²) in [6, 6.07) is 8.30. The molecule has 11 heteroatoms. The van der Waals surface area contributed by atoms with E-state index in [1.54, 1.807) is 25.1 Å². The van der Waals surface area contributed by atoms with Crippen LogP contribution in [0.4, 0.5) is 8.78 Å². The summed E-state index contributed by atoms with van der Waals surface area (Å²) in [4.78, 5) is 22.7. The maximum absolute atomic E-state index is 14.9. The summed E-state index contributed by atoms with van der Waals surface area (Å²) in [7, 11) is 0. The molecule has 2 aromatic carbocycles. The van der Waals surface area contributed by atoms with Gasteiger partial charge >= 0.3 is 5.97 Å². The van der Waals surface area contributed by atoms with Crippen LogP contribution < -0.4 is 9.47 Å². The molecule has 0 spiro atoms. The van der Waals surface area contributed by atoms with E-state index in [1.807, 2.05) is 0 Å². The average Bonchev–Trinajstić information content (AvgIpc) is 2.72. The molecule has 3 rings (SSSR count). The zero-order chi connectivity index (χ0) is 22.4. The first kappa shape index (κ1) is 21.9. The summed E-state index contributed by atoms with van der Waals surface area (Å²) in [5.41, 5.74) is 0.839. The number of halogens is 3. The van der Waals surface area contributed by atoms with E-state index in [2.05, 4.69) is 15.1 Å². The molecule has 3 aromatic rings. The first-order valence-corrected chi connectivity index (χ1v) is 9.01. The fraction of sp³-hybridized carbons (Fsp3) is 0.100. The van der Waals surface area contributed by atoms with Crippen LogP contribution in [0.2, 0.25) is 5.02 Å².